The quantitative estimate of drug-likeness (QED) is 0.575. The van der Waals surface area contributed by atoms with Crippen molar-refractivity contribution >= 4 is 41.9 Å². The Kier molecular flexibility index (Phi) is 3.70. The van der Waals surface area contributed by atoms with Crippen molar-refractivity contribution in [3.8, 4) is 10.0 Å². The number of rotatable bonds is 3. The molecule has 100 valence electrons. The van der Waals surface area contributed by atoms with Crippen molar-refractivity contribution in [3.05, 3.63) is 54.1 Å². The molecule has 4 heteroatoms. The van der Waals surface area contributed by atoms with Crippen LogP contribution in [0.15, 0.2) is 53.4 Å². The summed E-state index contributed by atoms with van der Waals surface area (Å²) in [7, 11) is 0. The van der Waals surface area contributed by atoms with Gasteiger partial charge in [0.05, 0.1) is 0 Å². The van der Waals surface area contributed by atoms with E-state index in [0.717, 1.165) is 24.5 Å². The van der Waals surface area contributed by atoms with Gasteiger partial charge in [-0.3, -0.25) is 0 Å². The third kappa shape index (κ3) is 2.20. The number of carboxylic acid groups (broad SMARTS) is 1. The Balaban J connectivity index is 2.36. The molecule has 3 rings (SSSR count). The SMILES string of the molecule is CSc1ccccc1-c1[se]c2ccccc2c1C(=O)O. The fourth-order valence-electron chi connectivity index (χ4n) is 2.28. The van der Waals surface area contributed by atoms with Crippen molar-refractivity contribution in [2.75, 3.05) is 6.26 Å². The molecule has 0 atom stereocenters. The molecule has 20 heavy (non-hydrogen) atoms. The van der Waals surface area contributed by atoms with Crippen LogP contribution >= 0.6 is 11.8 Å². The second-order valence-electron chi connectivity index (χ2n) is 4.31. The molecule has 0 spiro atoms. The van der Waals surface area contributed by atoms with Crippen molar-refractivity contribution < 1.29 is 9.90 Å². The number of hydrogen-bond donors (Lipinski definition) is 1. The predicted molar refractivity (Wildman–Crippen MR) is 85.1 cm³/mol. The molecule has 0 bridgehead atoms. The van der Waals surface area contributed by atoms with E-state index in [1.165, 1.54) is 0 Å². The molecule has 0 saturated heterocycles. The van der Waals surface area contributed by atoms with Crippen LogP contribution in [0.1, 0.15) is 10.4 Å². The molecule has 0 radical (unpaired) electrons. The summed E-state index contributed by atoms with van der Waals surface area (Å²) in [5, 5.41) is 10.5. The van der Waals surface area contributed by atoms with Crippen LogP contribution in [0.3, 0.4) is 0 Å². The fraction of sp³-hybridized carbons (Fsp3) is 0.0625. The molecule has 0 aliphatic rings. The van der Waals surface area contributed by atoms with Crippen molar-refractivity contribution in [2.24, 2.45) is 0 Å². The molecule has 1 heterocycles. The van der Waals surface area contributed by atoms with Gasteiger partial charge in [-0.1, -0.05) is 0 Å². The van der Waals surface area contributed by atoms with Gasteiger partial charge in [0, 0.05) is 0 Å². The van der Waals surface area contributed by atoms with E-state index in [2.05, 4.69) is 0 Å². The van der Waals surface area contributed by atoms with Crippen molar-refractivity contribution in [1.29, 1.82) is 0 Å². The van der Waals surface area contributed by atoms with Crippen LogP contribution in [0.2, 0.25) is 0 Å². The van der Waals surface area contributed by atoms with Crippen LogP contribution in [0, 0.1) is 0 Å². The van der Waals surface area contributed by atoms with Crippen LogP contribution in [-0.2, 0) is 0 Å². The molecule has 3 aromatic rings. The summed E-state index contributed by atoms with van der Waals surface area (Å²) in [6.07, 6.45) is 2.02. The van der Waals surface area contributed by atoms with E-state index in [-0.39, 0.29) is 14.5 Å². The molecule has 0 aliphatic heterocycles. The standard InChI is InChI=1S/C16H12O2SSe/c1-19-12-8-4-2-6-10(12)15-14(16(17)18)11-7-3-5-9-13(11)20-15/h2-9H,1H3,(H,17,18). The molecule has 1 aromatic heterocycles. The van der Waals surface area contributed by atoms with E-state index in [9.17, 15) is 9.90 Å². The fourth-order valence-corrected chi connectivity index (χ4v) is 5.62. The molecular weight excluding hydrogens is 335 g/mol. The van der Waals surface area contributed by atoms with Gasteiger partial charge in [0.15, 0.2) is 0 Å². The zero-order valence-electron chi connectivity index (χ0n) is 10.8. The maximum atomic E-state index is 11.7. The second kappa shape index (κ2) is 5.49. The number of hydrogen-bond acceptors (Lipinski definition) is 2. The Morgan fingerprint density at radius 2 is 1.80 bits per heavy atom. The summed E-state index contributed by atoms with van der Waals surface area (Å²) in [5.74, 6) is -0.831. The molecule has 1 N–H and O–H groups in total. The molecule has 2 aromatic carbocycles. The molecule has 0 fully saturated rings. The number of carbonyl (C=O) groups is 1. The van der Waals surface area contributed by atoms with Gasteiger partial charge in [-0.05, 0) is 0 Å². The van der Waals surface area contributed by atoms with Crippen LogP contribution < -0.4 is 0 Å². The van der Waals surface area contributed by atoms with E-state index in [4.69, 9.17) is 0 Å². The van der Waals surface area contributed by atoms with Gasteiger partial charge in [-0.25, -0.2) is 0 Å². The van der Waals surface area contributed by atoms with Gasteiger partial charge >= 0.3 is 127 Å². The van der Waals surface area contributed by atoms with Crippen molar-refractivity contribution in [3.63, 3.8) is 0 Å². The number of fused-ring (bicyclic) bond motifs is 1. The first kappa shape index (κ1) is 13.5. The molecule has 0 saturated carbocycles. The second-order valence-corrected chi connectivity index (χ2v) is 7.36. The Morgan fingerprint density at radius 3 is 2.55 bits per heavy atom. The topological polar surface area (TPSA) is 37.3 Å². The van der Waals surface area contributed by atoms with Crippen LogP contribution in [0.25, 0.3) is 19.6 Å². The summed E-state index contributed by atoms with van der Waals surface area (Å²) in [6.45, 7) is 0. The Labute approximate surface area is 127 Å². The summed E-state index contributed by atoms with van der Waals surface area (Å²) in [5.41, 5.74) is 1.54. The van der Waals surface area contributed by atoms with Crippen molar-refractivity contribution in [2.45, 2.75) is 4.90 Å². The maximum absolute atomic E-state index is 11.7. The number of aromatic carboxylic acids is 1. The van der Waals surface area contributed by atoms with Gasteiger partial charge < -0.3 is 0 Å². The van der Waals surface area contributed by atoms with E-state index in [1.54, 1.807) is 11.8 Å². The predicted octanol–water partition coefficient (Wildman–Crippen LogP) is 3.98. The Hall–Kier alpha value is -1.48. The minimum absolute atomic E-state index is 0.0517. The first-order valence-corrected chi connectivity index (χ1v) is 9.04. The molecule has 2 nitrogen and oxygen atoms in total. The Morgan fingerprint density at radius 1 is 1.10 bits per heavy atom. The van der Waals surface area contributed by atoms with Crippen LogP contribution in [0.5, 0.6) is 0 Å². The summed E-state index contributed by atoms with van der Waals surface area (Å²) in [4.78, 5) is 12.8. The van der Waals surface area contributed by atoms with E-state index < -0.39 is 5.97 Å². The van der Waals surface area contributed by atoms with Crippen LogP contribution in [0.4, 0.5) is 0 Å². The summed E-state index contributed by atoms with van der Waals surface area (Å²) >= 11 is 1.71. The number of benzene rings is 2. The normalized spacial score (nSPS) is 10.8. The number of thioether (sulfide) groups is 1. The third-order valence-corrected chi connectivity index (χ3v) is 6.48. The zero-order chi connectivity index (χ0) is 14.1. The van der Waals surface area contributed by atoms with Gasteiger partial charge in [0.1, 0.15) is 0 Å². The van der Waals surface area contributed by atoms with Gasteiger partial charge in [0.2, 0.25) is 0 Å². The summed E-state index contributed by atoms with van der Waals surface area (Å²) < 4.78 is 2.14. The monoisotopic (exact) mass is 348 g/mol. The average Bonchev–Trinajstić information content (AvgIpc) is 2.86. The van der Waals surface area contributed by atoms with Gasteiger partial charge in [-0.15, -0.1) is 0 Å². The van der Waals surface area contributed by atoms with E-state index >= 15 is 0 Å². The first-order chi connectivity index (χ1) is 9.72. The van der Waals surface area contributed by atoms with Crippen molar-refractivity contribution in [1.82, 2.24) is 0 Å². The average molecular weight is 347 g/mol. The Bertz CT molecular complexity index is 792. The van der Waals surface area contributed by atoms with E-state index in [1.807, 2.05) is 54.8 Å². The van der Waals surface area contributed by atoms with Gasteiger partial charge in [0.25, 0.3) is 0 Å². The summed E-state index contributed by atoms with van der Waals surface area (Å²) in [6, 6.07) is 15.9. The molecule has 0 aliphatic carbocycles. The molecule has 0 amide bonds. The van der Waals surface area contributed by atoms with Crippen LogP contribution in [-0.4, -0.2) is 31.8 Å². The minimum atomic E-state index is -0.831. The zero-order valence-corrected chi connectivity index (χ0v) is 13.3. The third-order valence-electron chi connectivity index (χ3n) is 3.16. The first-order valence-electron chi connectivity index (χ1n) is 6.10. The van der Waals surface area contributed by atoms with Gasteiger partial charge in [-0.2, -0.15) is 0 Å². The van der Waals surface area contributed by atoms with E-state index in [0.29, 0.717) is 5.56 Å². The molecular formula is C16H12O2SSe. The number of carboxylic acids is 1. The molecule has 0 unspecified atom stereocenters.